The van der Waals surface area contributed by atoms with Gasteiger partial charge in [0, 0.05) is 12.6 Å². The van der Waals surface area contributed by atoms with Crippen molar-refractivity contribution in [1.29, 1.82) is 0 Å². The van der Waals surface area contributed by atoms with Crippen LogP contribution in [0.15, 0.2) is 66.0 Å². The third kappa shape index (κ3) is 4.57. The summed E-state index contributed by atoms with van der Waals surface area (Å²) in [5.41, 5.74) is 3.11. The molecule has 2 aromatic carbocycles. The molecule has 0 radical (unpaired) electrons. The molecule has 0 bridgehead atoms. The molecule has 0 atom stereocenters. The van der Waals surface area contributed by atoms with Gasteiger partial charge in [-0.15, -0.1) is 5.10 Å². The molecule has 2 heterocycles. The molecule has 1 N–H and O–H groups in total. The van der Waals surface area contributed by atoms with Crippen molar-refractivity contribution in [2.75, 3.05) is 19.4 Å². The lowest BCUT2D eigenvalue weighted by molar-refractivity contribution is -0.118. The predicted molar refractivity (Wildman–Crippen MR) is 115 cm³/mol. The number of nitrogens with one attached hydrogen (secondary N) is 1. The van der Waals surface area contributed by atoms with Crippen molar-refractivity contribution in [1.82, 2.24) is 30.3 Å². The molecule has 0 aliphatic carbocycles. The quantitative estimate of drug-likeness (QED) is 0.346. The summed E-state index contributed by atoms with van der Waals surface area (Å²) in [5.74, 6) is 0.905. The number of fused-ring (bicyclic) bond motifs is 1. The highest BCUT2D eigenvalue weighted by atomic mass is 32.2. The van der Waals surface area contributed by atoms with Crippen molar-refractivity contribution in [3.05, 3.63) is 66.5 Å². The molecular weight excluding hydrogens is 400 g/mol. The first-order valence-electron chi connectivity index (χ1n) is 9.39. The van der Waals surface area contributed by atoms with E-state index < -0.39 is 0 Å². The number of carbonyl (C=O) groups excluding carboxylic acids is 1. The summed E-state index contributed by atoms with van der Waals surface area (Å²) in [6, 6.07) is 17.5. The Hall–Kier alpha value is -3.46. The van der Waals surface area contributed by atoms with Gasteiger partial charge in [-0.25, -0.2) is 9.97 Å². The molecule has 4 aromatic rings. The van der Waals surface area contributed by atoms with E-state index in [1.165, 1.54) is 23.7 Å². The molecule has 0 fully saturated rings. The Morgan fingerprint density at radius 1 is 1.13 bits per heavy atom. The second-order valence-corrected chi connectivity index (χ2v) is 7.39. The van der Waals surface area contributed by atoms with Crippen molar-refractivity contribution in [2.24, 2.45) is 0 Å². The van der Waals surface area contributed by atoms with E-state index in [0.29, 0.717) is 28.5 Å². The maximum absolute atomic E-state index is 12.2. The third-order valence-corrected chi connectivity index (χ3v) is 5.40. The van der Waals surface area contributed by atoms with Crippen molar-refractivity contribution >= 4 is 28.8 Å². The number of benzene rings is 2. The molecule has 4 rings (SSSR count). The highest BCUT2D eigenvalue weighted by Gasteiger charge is 2.15. The second-order valence-electron chi connectivity index (χ2n) is 6.43. The molecule has 0 aliphatic rings. The predicted octanol–water partition coefficient (Wildman–Crippen LogP) is 2.67. The van der Waals surface area contributed by atoms with Gasteiger partial charge in [0.2, 0.25) is 5.91 Å². The van der Waals surface area contributed by atoms with Gasteiger partial charge < -0.3 is 10.1 Å². The number of nitrogens with zero attached hydrogens (tertiary/aromatic N) is 5. The normalized spacial score (nSPS) is 10.8. The molecule has 0 saturated carbocycles. The smallest absolute Gasteiger partial charge is 0.230 e. The largest absolute Gasteiger partial charge is 0.497 e. The van der Waals surface area contributed by atoms with Gasteiger partial charge in [-0.3, -0.25) is 4.79 Å². The minimum atomic E-state index is -0.0529. The average molecular weight is 420 g/mol. The first kappa shape index (κ1) is 19.8. The lowest BCUT2D eigenvalue weighted by Crippen LogP contribution is -2.27. The summed E-state index contributed by atoms with van der Waals surface area (Å²) in [5, 5.41) is 12.0. The molecule has 8 nitrogen and oxygen atoms in total. The van der Waals surface area contributed by atoms with Crippen LogP contribution in [-0.4, -0.2) is 50.3 Å². The van der Waals surface area contributed by atoms with E-state index >= 15 is 0 Å². The Bertz CT molecular complexity index is 1150. The number of aromatic nitrogens is 5. The van der Waals surface area contributed by atoms with E-state index in [4.69, 9.17) is 4.74 Å². The van der Waals surface area contributed by atoms with E-state index in [2.05, 4.69) is 25.6 Å². The zero-order chi connectivity index (χ0) is 20.8. The average Bonchev–Trinajstić information content (AvgIpc) is 3.23. The molecule has 30 heavy (non-hydrogen) atoms. The summed E-state index contributed by atoms with van der Waals surface area (Å²) < 4.78 is 6.90. The van der Waals surface area contributed by atoms with Gasteiger partial charge in [0.15, 0.2) is 11.2 Å². The van der Waals surface area contributed by atoms with Crippen LogP contribution in [0.3, 0.4) is 0 Å². The fraction of sp³-hybridized carbons (Fsp3) is 0.190. The zero-order valence-corrected chi connectivity index (χ0v) is 17.2. The van der Waals surface area contributed by atoms with E-state index in [1.54, 1.807) is 11.8 Å². The maximum Gasteiger partial charge on any atom is 0.230 e. The van der Waals surface area contributed by atoms with Gasteiger partial charge in [0.25, 0.3) is 0 Å². The van der Waals surface area contributed by atoms with Gasteiger partial charge in [-0.2, -0.15) is 4.68 Å². The number of carbonyl (C=O) groups is 1. The number of rotatable bonds is 8. The van der Waals surface area contributed by atoms with Crippen LogP contribution >= 0.6 is 11.8 Å². The lowest BCUT2D eigenvalue weighted by atomic mass is 10.1. The van der Waals surface area contributed by atoms with Crippen molar-refractivity contribution in [2.45, 2.75) is 11.4 Å². The molecular formula is C21H20N6O2S. The number of methoxy groups -OCH3 is 1. The summed E-state index contributed by atoms with van der Waals surface area (Å²) >= 11 is 1.32. The summed E-state index contributed by atoms with van der Waals surface area (Å²) in [6.07, 6.45) is 2.25. The number of ether oxygens (including phenoxy) is 1. The fourth-order valence-corrected chi connectivity index (χ4v) is 3.69. The van der Waals surface area contributed by atoms with Crippen molar-refractivity contribution < 1.29 is 9.53 Å². The van der Waals surface area contributed by atoms with Gasteiger partial charge >= 0.3 is 0 Å². The standard InChI is InChI=1S/C21H20N6O2S/c1-29-17-9-5-8-16(12-17)27-20-19(25-26-27)21(24-14-23-20)30-13-18(28)22-11-10-15-6-3-2-4-7-15/h2-9,12,14H,10-11,13H2,1H3,(H,22,28). The number of hydrogen-bond acceptors (Lipinski definition) is 7. The van der Waals surface area contributed by atoms with Crippen LogP contribution in [0.5, 0.6) is 5.75 Å². The van der Waals surface area contributed by atoms with Crippen LogP contribution in [-0.2, 0) is 11.2 Å². The zero-order valence-electron chi connectivity index (χ0n) is 16.4. The summed E-state index contributed by atoms with van der Waals surface area (Å²) in [7, 11) is 1.61. The molecule has 9 heteroatoms. The molecule has 2 aromatic heterocycles. The van der Waals surface area contributed by atoms with E-state index in [1.807, 2.05) is 54.6 Å². The SMILES string of the molecule is COc1cccc(-n2nnc3c(SCC(=O)NCCc4ccccc4)ncnc32)c1. The minimum absolute atomic E-state index is 0.0529. The highest BCUT2D eigenvalue weighted by molar-refractivity contribution is 8.00. The molecule has 0 spiro atoms. The van der Waals surface area contributed by atoms with Crippen LogP contribution in [0.1, 0.15) is 5.56 Å². The third-order valence-electron chi connectivity index (χ3n) is 4.42. The van der Waals surface area contributed by atoms with Gasteiger partial charge in [-0.1, -0.05) is 53.4 Å². The number of thioether (sulfide) groups is 1. The Morgan fingerprint density at radius 2 is 2.00 bits per heavy atom. The topological polar surface area (TPSA) is 94.8 Å². The summed E-state index contributed by atoms with van der Waals surface area (Å²) in [6.45, 7) is 0.592. The van der Waals surface area contributed by atoms with Gasteiger partial charge in [0.1, 0.15) is 17.1 Å². The fourth-order valence-electron chi connectivity index (χ4n) is 2.93. The van der Waals surface area contributed by atoms with Crippen molar-refractivity contribution in [3.63, 3.8) is 0 Å². The Labute approximate surface area is 177 Å². The highest BCUT2D eigenvalue weighted by Crippen LogP contribution is 2.24. The Kier molecular flexibility index (Phi) is 6.19. The van der Waals surface area contributed by atoms with Crippen LogP contribution < -0.4 is 10.1 Å². The monoisotopic (exact) mass is 420 g/mol. The van der Waals surface area contributed by atoms with Gasteiger partial charge in [0.05, 0.1) is 18.6 Å². The maximum atomic E-state index is 12.2. The lowest BCUT2D eigenvalue weighted by Gasteiger charge is -2.06. The molecule has 0 aliphatic heterocycles. The van der Waals surface area contributed by atoms with Gasteiger partial charge in [-0.05, 0) is 24.1 Å². The first-order valence-corrected chi connectivity index (χ1v) is 10.4. The first-order chi connectivity index (χ1) is 14.7. The number of hydrogen-bond donors (Lipinski definition) is 1. The Morgan fingerprint density at radius 3 is 2.83 bits per heavy atom. The van der Waals surface area contributed by atoms with E-state index in [9.17, 15) is 4.79 Å². The second kappa shape index (κ2) is 9.36. The van der Waals surface area contributed by atoms with Crippen molar-refractivity contribution in [3.8, 4) is 11.4 Å². The van der Waals surface area contributed by atoms with Crippen LogP contribution in [0, 0.1) is 0 Å². The number of amides is 1. The van der Waals surface area contributed by atoms with Crippen LogP contribution in [0.25, 0.3) is 16.9 Å². The van der Waals surface area contributed by atoms with E-state index in [-0.39, 0.29) is 11.7 Å². The van der Waals surface area contributed by atoms with E-state index in [0.717, 1.165) is 12.1 Å². The molecule has 152 valence electrons. The summed E-state index contributed by atoms with van der Waals surface area (Å²) in [4.78, 5) is 20.8. The van der Waals surface area contributed by atoms with Crippen LogP contribution in [0.4, 0.5) is 0 Å². The molecule has 0 saturated heterocycles. The minimum Gasteiger partial charge on any atom is -0.497 e. The Balaban J connectivity index is 1.41. The van der Waals surface area contributed by atoms with Crippen LogP contribution in [0.2, 0.25) is 0 Å². The molecule has 1 amide bonds. The molecule has 0 unspecified atom stereocenters.